The van der Waals surface area contributed by atoms with Crippen LogP contribution in [0.1, 0.15) is 38.7 Å². The zero-order valence-electron chi connectivity index (χ0n) is 16.6. The summed E-state index contributed by atoms with van der Waals surface area (Å²) in [7, 11) is 1.82. The lowest BCUT2D eigenvalue weighted by atomic mass is 9.98. The number of carbonyl (C=O) groups is 2. The van der Waals surface area contributed by atoms with E-state index in [-0.39, 0.29) is 23.5 Å². The van der Waals surface area contributed by atoms with Crippen LogP contribution in [0.3, 0.4) is 0 Å². The van der Waals surface area contributed by atoms with Crippen molar-refractivity contribution in [3.8, 4) is 0 Å². The van der Waals surface area contributed by atoms with Crippen LogP contribution >= 0.6 is 0 Å². The number of hydrogen-bond acceptors (Lipinski definition) is 4. The molecule has 3 rings (SSSR count). The van der Waals surface area contributed by atoms with Gasteiger partial charge in [-0.05, 0) is 45.2 Å². The minimum absolute atomic E-state index is 0.0452. The van der Waals surface area contributed by atoms with Crippen LogP contribution in [-0.2, 0) is 20.7 Å². The van der Waals surface area contributed by atoms with Gasteiger partial charge in [0.2, 0.25) is 0 Å². The van der Waals surface area contributed by atoms with Gasteiger partial charge in [0.25, 0.3) is 5.91 Å². The minimum atomic E-state index is -0.619. The highest BCUT2D eigenvalue weighted by molar-refractivity contribution is 6.01. The SMILES string of the molecule is CN(C(=O)C1=CC(=O)CC(C)(C)O1)C1CCCN(CCc2ccccc2)C1. The lowest BCUT2D eigenvalue weighted by Gasteiger charge is -2.39. The first kappa shape index (κ1) is 19.6. The fraction of sp³-hybridized carbons (Fsp3) is 0.545. The molecule has 0 spiro atoms. The predicted octanol–water partition coefficient (Wildman–Crippen LogP) is 2.80. The summed E-state index contributed by atoms with van der Waals surface area (Å²) in [6.45, 7) is 6.61. The topological polar surface area (TPSA) is 49.9 Å². The molecule has 0 N–H and O–H groups in total. The number of hydrogen-bond donors (Lipinski definition) is 0. The minimum Gasteiger partial charge on any atom is -0.481 e. The molecule has 1 aromatic carbocycles. The van der Waals surface area contributed by atoms with Crippen LogP contribution in [-0.4, -0.2) is 59.8 Å². The maximum atomic E-state index is 12.9. The largest absolute Gasteiger partial charge is 0.481 e. The average molecular weight is 370 g/mol. The fourth-order valence-corrected chi connectivity index (χ4v) is 3.91. The molecule has 1 amide bonds. The van der Waals surface area contributed by atoms with Gasteiger partial charge in [-0.2, -0.15) is 0 Å². The van der Waals surface area contributed by atoms with E-state index in [0.717, 1.165) is 38.9 Å². The van der Waals surface area contributed by atoms with E-state index >= 15 is 0 Å². The van der Waals surface area contributed by atoms with E-state index in [9.17, 15) is 9.59 Å². The first-order valence-corrected chi connectivity index (χ1v) is 9.81. The van der Waals surface area contributed by atoms with Crippen LogP contribution in [0.5, 0.6) is 0 Å². The van der Waals surface area contributed by atoms with Crippen LogP contribution in [0.4, 0.5) is 0 Å². The molecule has 146 valence electrons. The third kappa shape index (κ3) is 5.19. The highest BCUT2D eigenvalue weighted by Gasteiger charge is 2.35. The van der Waals surface area contributed by atoms with Gasteiger partial charge in [-0.3, -0.25) is 9.59 Å². The van der Waals surface area contributed by atoms with E-state index < -0.39 is 5.60 Å². The van der Waals surface area contributed by atoms with Crippen molar-refractivity contribution >= 4 is 11.7 Å². The molecule has 1 saturated heterocycles. The number of rotatable bonds is 5. The van der Waals surface area contributed by atoms with Crippen molar-refractivity contribution in [1.82, 2.24) is 9.80 Å². The van der Waals surface area contributed by atoms with Crippen molar-refractivity contribution in [2.45, 2.75) is 51.2 Å². The quantitative estimate of drug-likeness (QED) is 0.800. The van der Waals surface area contributed by atoms with Crippen LogP contribution in [0.25, 0.3) is 0 Å². The van der Waals surface area contributed by atoms with E-state index in [1.165, 1.54) is 11.6 Å². The highest BCUT2D eigenvalue weighted by atomic mass is 16.5. The zero-order valence-corrected chi connectivity index (χ0v) is 16.6. The van der Waals surface area contributed by atoms with E-state index in [4.69, 9.17) is 4.74 Å². The number of piperidine rings is 1. The van der Waals surface area contributed by atoms with Crippen molar-refractivity contribution in [2.24, 2.45) is 0 Å². The molecule has 1 atom stereocenters. The van der Waals surface area contributed by atoms with E-state index in [0.29, 0.717) is 6.42 Å². The summed E-state index contributed by atoms with van der Waals surface area (Å²) in [5, 5.41) is 0. The molecule has 2 heterocycles. The monoisotopic (exact) mass is 370 g/mol. The molecule has 0 aromatic heterocycles. The van der Waals surface area contributed by atoms with Gasteiger partial charge in [-0.15, -0.1) is 0 Å². The van der Waals surface area contributed by atoms with E-state index in [2.05, 4.69) is 29.2 Å². The van der Waals surface area contributed by atoms with Crippen molar-refractivity contribution in [3.05, 3.63) is 47.7 Å². The molecule has 1 aromatic rings. The van der Waals surface area contributed by atoms with Gasteiger partial charge in [-0.1, -0.05) is 30.3 Å². The van der Waals surface area contributed by atoms with Crippen LogP contribution < -0.4 is 0 Å². The Hall–Kier alpha value is -2.14. The Kier molecular flexibility index (Phi) is 6.00. The molecule has 1 unspecified atom stereocenters. The maximum Gasteiger partial charge on any atom is 0.289 e. The predicted molar refractivity (Wildman–Crippen MR) is 105 cm³/mol. The third-order valence-corrected chi connectivity index (χ3v) is 5.40. The maximum absolute atomic E-state index is 12.9. The Bertz CT molecular complexity index is 712. The van der Waals surface area contributed by atoms with Crippen molar-refractivity contribution in [3.63, 3.8) is 0 Å². The van der Waals surface area contributed by atoms with Crippen LogP contribution in [0, 0.1) is 0 Å². The lowest BCUT2D eigenvalue weighted by Crippen LogP contribution is -2.50. The molecular formula is C22H30N2O3. The summed E-state index contributed by atoms with van der Waals surface area (Å²) in [4.78, 5) is 29.0. The molecule has 1 fully saturated rings. The van der Waals surface area contributed by atoms with Gasteiger partial charge in [-0.25, -0.2) is 0 Å². The number of ether oxygens (including phenoxy) is 1. The fourth-order valence-electron chi connectivity index (χ4n) is 3.91. The highest BCUT2D eigenvalue weighted by Crippen LogP contribution is 2.26. The van der Waals surface area contributed by atoms with Gasteiger partial charge < -0.3 is 14.5 Å². The molecule has 0 radical (unpaired) electrons. The number of likely N-dealkylation sites (tertiary alicyclic amines) is 1. The summed E-state index contributed by atoms with van der Waals surface area (Å²) in [5.74, 6) is -0.0534. The summed E-state index contributed by atoms with van der Waals surface area (Å²) < 4.78 is 5.79. The number of carbonyl (C=O) groups excluding carboxylic acids is 2. The number of amides is 1. The summed E-state index contributed by atoms with van der Waals surface area (Å²) >= 11 is 0. The Labute approximate surface area is 162 Å². The number of nitrogens with zero attached hydrogens (tertiary/aromatic N) is 2. The Morgan fingerprint density at radius 2 is 2.04 bits per heavy atom. The molecular weight excluding hydrogens is 340 g/mol. The second-order valence-electron chi connectivity index (χ2n) is 8.26. The van der Waals surface area contributed by atoms with Crippen LogP contribution in [0.15, 0.2) is 42.2 Å². The molecule has 27 heavy (non-hydrogen) atoms. The standard InChI is InChI=1S/C22H30N2O3/c1-22(2)15-19(25)14-20(27-22)21(26)23(3)18-10-7-12-24(16-18)13-11-17-8-5-4-6-9-17/h4-6,8-9,14,18H,7,10-13,15-16H2,1-3H3. The molecule has 0 saturated carbocycles. The van der Waals surface area contributed by atoms with Crippen LogP contribution in [0.2, 0.25) is 0 Å². The number of benzene rings is 1. The molecule has 2 aliphatic rings. The Morgan fingerprint density at radius 3 is 2.74 bits per heavy atom. The third-order valence-electron chi connectivity index (χ3n) is 5.40. The van der Waals surface area contributed by atoms with Gasteiger partial charge in [0.05, 0.1) is 0 Å². The normalized spacial score (nSPS) is 22.7. The zero-order chi connectivity index (χ0) is 19.4. The lowest BCUT2D eigenvalue weighted by molar-refractivity contribution is -0.139. The summed E-state index contributed by atoms with van der Waals surface area (Å²) in [6.07, 6.45) is 4.74. The molecule has 5 nitrogen and oxygen atoms in total. The average Bonchev–Trinajstić information content (AvgIpc) is 2.64. The number of allylic oxidation sites excluding steroid dienone is 1. The van der Waals surface area contributed by atoms with Crippen molar-refractivity contribution in [1.29, 1.82) is 0 Å². The Balaban J connectivity index is 1.58. The smallest absolute Gasteiger partial charge is 0.289 e. The Morgan fingerprint density at radius 1 is 1.30 bits per heavy atom. The van der Waals surface area contributed by atoms with Gasteiger partial charge in [0.1, 0.15) is 5.60 Å². The number of ketones is 1. The first-order valence-electron chi connectivity index (χ1n) is 9.81. The van der Waals surface area contributed by atoms with Gasteiger partial charge in [0.15, 0.2) is 11.5 Å². The summed E-state index contributed by atoms with van der Waals surface area (Å²) in [5.41, 5.74) is 0.719. The molecule has 0 bridgehead atoms. The van der Waals surface area contributed by atoms with Gasteiger partial charge >= 0.3 is 0 Å². The first-order chi connectivity index (χ1) is 12.8. The van der Waals surface area contributed by atoms with E-state index in [1.54, 1.807) is 4.90 Å². The second-order valence-corrected chi connectivity index (χ2v) is 8.26. The number of likely N-dealkylation sites (N-methyl/N-ethyl adjacent to an activating group) is 1. The molecule has 0 aliphatic carbocycles. The van der Waals surface area contributed by atoms with Gasteiger partial charge in [0, 0.05) is 38.7 Å². The van der Waals surface area contributed by atoms with E-state index in [1.807, 2.05) is 27.0 Å². The van der Waals surface area contributed by atoms with Crippen molar-refractivity contribution in [2.75, 3.05) is 26.7 Å². The van der Waals surface area contributed by atoms with Crippen molar-refractivity contribution < 1.29 is 14.3 Å². The molecule has 2 aliphatic heterocycles. The summed E-state index contributed by atoms with van der Waals surface area (Å²) in [6, 6.07) is 10.6. The molecule has 5 heteroatoms. The second kappa shape index (κ2) is 8.26.